The van der Waals surface area contributed by atoms with E-state index in [9.17, 15) is 9.50 Å². The van der Waals surface area contributed by atoms with Crippen molar-refractivity contribution in [2.24, 2.45) is 0 Å². The van der Waals surface area contributed by atoms with Crippen molar-refractivity contribution in [3.63, 3.8) is 0 Å². The van der Waals surface area contributed by atoms with Gasteiger partial charge >= 0.3 is 7.12 Å². The Kier molecular flexibility index (Phi) is 4.66. The zero-order valence-corrected chi connectivity index (χ0v) is 13.6. The molecule has 1 fully saturated rings. The van der Waals surface area contributed by atoms with Crippen molar-refractivity contribution in [3.8, 4) is 5.75 Å². The maximum Gasteiger partial charge on any atom is 0.490 e. The van der Waals surface area contributed by atoms with E-state index in [1.807, 2.05) is 27.7 Å². The van der Waals surface area contributed by atoms with E-state index < -0.39 is 24.1 Å². The Morgan fingerprint density at radius 3 is 2.36 bits per heavy atom. The normalized spacial score (nSPS) is 20.3. The molecule has 2 rings (SSSR count). The third-order valence-electron chi connectivity index (χ3n) is 4.29. The number of rotatable bonds is 4. The summed E-state index contributed by atoms with van der Waals surface area (Å²) in [5, 5.41) is 9.20. The van der Waals surface area contributed by atoms with E-state index in [-0.39, 0.29) is 6.61 Å². The standard InChI is InChI=1S/C16H22BFO4/c1-15(2)16(3,4)22-17(21-15)9-13(18)11-6-7-12(10-19)14(8-11)20-5/h6-9,19H,10H2,1-5H3. The molecule has 1 heterocycles. The predicted molar refractivity (Wildman–Crippen MR) is 84.1 cm³/mol. The molecule has 1 N–H and O–H groups in total. The molecule has 1 aromatic rings. The van der Waals surface area contributed by atoms with E-state index in [0.29, 0.717) is 16.9 Å². The van der Waals surface area contributed by atoms with Crippen LogP contribution in [0.2, 0.25) is 0 Å². The molecule has 4 nitrogen and oxygen atoms in total. The molecule has 120 valence electrons. The lowest BCUT2D eigenvalue weighted by molar-refractivity contribution is 0.00578. The Hall–Kier alpha value is -1.37. The minimum absolute atomic E-state index is 0.161. The summed E-state index contributed by atoms with van der Waals surface area (Å²) in [5.74, 6) is 1.29. The van der Waals surface area contributed by atoms with Crippen LogP contribution in [0, 0.1) is 0 Å². The molecule has 0 aromatic heterocycles. The second kappa shape index (κ2) is 6.03. The van der Waals surface area contributed by atoms with Crippen molar-refractivity contribution in [2.45, 2.75) is 45.5 Å². The quantitative estimate of drug-likeness (QED) is 0.868. The van der Waals surface area contributed by atoms with Crippen LogP contribution in [-0.2, 0) is 15.9 Å². The van der Waals surface area contributed by atoms with Crippen molar-refractivity contribution in [1.82, 2.24) is 0 Å². The van der Waals surface area contributed by atoms with Gasteiger partial charge in [-0.1, -0.05) is 12.1 Å². The molecule has 0 aliphatic carbocycles. The van der Waals surface area contributed by atoms with Crippen LogP contribution < -0.4 is 4.74 Å². The van der Waals surface area contributed by atoms with Crippen LogP contribution in [-0.4, -0.2) is 30.5 Å². The van der Waals surface area contributed by atoms with Crippen LogP contribution >= 0.6 is 0 Å². The maximum absolute atomic E-state index is 14.4. The highest BCUT2D eigenvalue weighted by Gasteiger charge is 2.50. The number of halogens is 1. The van der Waals surface area contributed by atoms with Crippen LogP contribution in [0.4, 0.5) is 4.39 Å². The Bertz CT molecular complexity index is 568. The number of aliphatic hydroxyl groups is 1. The number of hydrogen-bond acceptors (Lipinski definition) is 4. The molecule has 0 bridgehead atoms. The van der Waals surface area contributed by atoms with E-state index in [1.54, 1.807) is 18.2 Å². The Morgan fingerprint density at radius 1 is 1.27 bits per heavy atom. The highest BCUT2D eigenvalue weighted by Crippen LogP contribution is 2.38. The van der Waals surface area contributed by atoms with Gasteiger partial charge in [0.25, 0.3) is 0 Å². The first-order valence-corrected chi connectivity index (χ1v) is 7.21. The molecule has 0 atom stereocenters. The third-order valence-corrected chi connectivity index (χ3v) is 4.29. The van der Waals surface area contributed by atoms with Crippen molar-refractivity contribution in [3.05, 3.63) is 35.3 Å². The summed E-state index contributed by atoms with van der Waals surface area (Å²) >= 11 is 0. The second-order valence-electron chi connectivity index (χ2n) is 6.32. The number of aliphatic hydroxyl groups excluding tert-OH is 1. The lowest BCUT2D eigenvalue weighted by Gasteiger charge is -2.32. The van der Waals surface area contributed by atoms with Crippen molar-refractivity contribution >= 4 is 12.9 Å². The predicted octanol–water partition coefficient (Wildman–Crippen LogP) is 3.13. The van der Waals surface area contributed by atoms with Crippen LogP contribution in [0.1, 0.15) is 38.8 Å². The maximum atomic E-state index is 14.4. The van der Waals surface area contributed by atoms with Gasteiger partial charge in [-0.25, -0.2) is 4.39 Å². The summed E-state index contributed by atoms with van der Waals surface area (Å²) in [4.78, 5) is 0. The number of benzene rings is 1. The third kappa shape index (κ3) is 3.19. The first kappa shape index (κ1) is 17.0. The summed E-state index contributed by atoms with van der Waals surface area (Å²) < 4.78 is 31.1. The molecular weight excluding hydrogens is 286 g/mol. The van der Waals surface area contributed by atoms with Gasteiger partial charge in [0.1, 0.15) is 11.6 Å². The summed E-state index contributed by atoms with van der Waals surface area (Å²) in [6.07, 6.45) is 0. The van der Waals surface area contributed by atoms with E-state index >= 15 is 0 Å². The lowest BCUT2D eigenvalue weighted by Crippen LogP contribution is -2.41. The Morgan fingerprint density at radius 2 is 1.86 bits per heavy atom. The Labute approximate surface area is 131 Å². The first-order valence-electron chi connectivity index (χ1n) is 7.21. The second-order valence-corrected chi connectivity index (χ2v) is 6.32. The fourth-order valence-electron chi connectivity index (χ4n) is 2.20. The molecular formula is C16H22BFO4. The van der Waals surface area contributed by atoms with Gasteiger partial charge in [-0.2, -0.15) is 0 Å². The van der Waals surface area contributed by atoms with E-state index in [0.717, 1.165) is 0 Å². The van der Waals surface area contributed by atoms with Crippen LogP contribution in [0.3, 0.4) is 0 Å². The summed E-state index contributed by atoms with van der Waals surface area (Å²) in [7, 11) is 0.738. The first-order chi connectivity index (χ1) is 10.2. The number of methoxy groups -OCH3 is 1. The van der Waals surface area contributed by atoms with Gasteiger partial charge < -0.3 is 19.2 Å². The topological polar surface area (TPSA) is 47.9 Å². The van der Waals surface area contributed by atoms with Gasteiger partial charge in [-0.15, -0.1) is 0 Å². The minimum atomic E-state index is -0.742. The van der Waals surface area contributed by atoms with Crippen LogP contribution in [0.25, 0.3) is 5.83 Å². The molecule has 1 aliphatic heterocycles. The average molecular weight is 308 g/mol. The van der Waals surface area contributed by atoms with Gasteiger partial charge in [-0.05, 0) is 39.7 Å². The highest BCUT2D eigenvalue weighted by molar-refractivity contribution is 6.53. The van der Waals surface area contributed by atoms with Gasteiger partial charge in [0.15, 0.2) is 0 Å². The fourth-order valence-corrected chi connectivity index (χ4v) is 2.20. The van der Waals surface area contributed by atoms with E-state index in [2.05, 4.69) is 0 Å². The van der Waals surface area contributed by atoms with Gasteiger partial charge in [0, 0.05) is 11.1 Å². The summed E-state index contributed by atoms with van der Waals surface area (Å²) in [5.41, 5.74) is -0.0572. The van der Waals surface area contributed by atoms with Crippen molar-refractivity contribution < 1.29 is 23.5 Å². The molecule has 1 saturated heterocycles. The van der Waals surface area contributed by atoms with E-state index in [4.69, 9.17) is 14.0 Å². The summed E-state index contributed by atoms with van der Waals surface area (Å²) in [6.45, 7) is 7.50. The molecule has 0 radical (unpaired) electrons. The monoisotopic (exact) mass is 308 g/mol. The highest BCUT2D eigenvalue weighted by atomic mass is 19.1. The lowest BCUT2D eigenvalue weighted by atomic mass is 9.88. The molecule has 6 heteroatoms. The number of ether oxygens (including phenoxy) is 1. The molecule has 0 spiro atoms. The molecule has 0 unspecified atom stereocenters. The largest absolute Gasteiger partial charge is 0.496 e. The SMILES string of the molecule is COc1cc(C(F)=CB2OC(C)(C)C(C)(C)O2)ccc1CO. The zero-order valence-electron chi connectivity index (χ0n) is 13.6. The zero-order chi connectivity index (χ0) is 16.5. The molecule has 1 aliphatic rings. The van der Waals surface area contributed by atoms with Crippen molar-refractivity contribution in [1.29, 1.82) is 0 Å². The smallest absolute Gasteiger partial charge is 0.490 e. The summed E-state index contributed by atoms with van der Waals surface area (Å²) in [6, 6.07) is 4.76. The molecule has 0 saturated carbocycles. The minimum Gasteiger partial charge on any atom is -0.496 e. The van der Waals surface area contributed by atoms with Gasteiger partial charge in [-0.3, -0.25) is 0 Å². The average Bonchev–Trinajstić information content (AvgIpc) is 2.65. The van der Waals surface area contributed by atoms with Crippen LogP contribution in [0.15, 0.2) is 24.2 Å². The van der Waals surface area contributed by atoms with Crippen molar-refractivity contribution in [2.75, 3.05) is 7.11 Å². The molecule has 0 amide bonds. The Balaban J connectivity index is 2.24. The van der Waals surface area contributed by atoms with Gasteiger partial charge in [0.05, 0.1) is 24.9 Å². The fraction of sp³-hybridized carbons (Fsp3) is 0.500. The van der Waals surface area contributed by atoms with Crippen LogP contribution in [0.5, 0.6) is 5.75 Å². The van der Waals surface area contributed by atoms with Gasteiger partial charge in [0.2, 0.25) is 0 Å². The number of hydrogen-bond donors (Lipinski definition) is 1. The molecule has 1 aromatic carbocycles. The molecule has 22 heavy (non-hydrogen) atoms. The van der Waals surface area contributed by atoms with E-state index in [1.165, 1.54) is 13.1 Å².